The number of hydrogen-bond donors (Lipinski definition) is 3. The molecule has 1 unspecified atom stereocenters. The van der Waals surface area contributed by atoms with E-state index in [0.717, 1.165) is 16.5 Å². The molecule has 0 spiro atoms. The van der Waals surface area contributed by atoms with E-state index in [-0.39, 0.29) is 5.91 Å². The number of benzene rings is 1. The first-order chi connectivity index (χ1) is 10.2. The number of hydrazine groups is 1. The number of thioether (sulfide) groups is 1. The van der Waals surface area contributed by atoms with Crippen molar-refractivity contribution in [1.82, 2.24) is 10.3 Å². The van der Waals surface area contributed by atoms with Crippen molar-refractivity contribution in [1.29, 1.82) is 0 Å². The second kappa shape index (κ2) is 7.28. The maximum Gasteiger partial charge on any atom is 0.270 e. The molecule has 0 saturated heterocycles. The number of nitrogens with two attached hydrogens (primary N) is 1. The lowest BCUT2D eigenvalue weighted by Crippen LogP contribution is -2.30. The van der Waals surface area contributed by atoms with E-state index in [1.54, 1.807) is 17.8 Å². The number of aromatic nitrogens is 1. The highest BCUT2D eigenvalue weighted by Gasteiger charge is 2.12. The predicted molar refractivity (Wildman–Crippen MR) is 89.4 cm³/mol. The third-order valence-electron chi connectivity index (χ3n) is 3.17. The summed E-state index contributed by atoms with van der Waals surface area (Å²) in [6.45, 7) is 2.75. The molecule has 112 valence electrons. The van der Waals surface area contributed by atoms with Gasteiger partial charge in [0.1, 0.15) is 11.5 Å². The van der Waals surface area contributed by atoms with Crippen molar-refractivity contribution >= 4 is 34.3 Å². The van der Waals surface area contributed by atoms with Gasteiger partial charge in [-0.2, -0.15) is 11.8 Å². The molecular formula is C15H20N4OS. The first-order valence-electron chi connectivity index (χ1n) is 6.79. The Morgan fingerprint density at radius 2 is 2.19 bits per heavy atom. The maximum atomic E-state index is 12.2. The lowest BCUT2D eigenvalue weighted by molar-refractivity contribution is 0.0944. The van der Waals surface area contributed by atoms with Crippen LogP contribution in [-0.2, 0) is 0 Å². The number of nitrogens with one attached hydrogen (secondary N) is 2. The molecule has 0 saturated carbocycles. The van der Waals surface area contributed by atoms with Crippen LogP contribution in [0.3, 0.4) is 0 Å². The standard InChI is InChI=1S/C15H20N4OS/c1-10(9-21-2)8-17-15(20)13-7-11-5-3-4-6-12(11)14(18-13)19-16/h3-7,10H,8-9,16H2,1-2H3,(H,17,20)(H,18,19). The minimum absolute atomic E-state index is 0.176. The van der Waals surface area contributed by atoms with Gasteiger partial charge in [0.25, 0.3) is 5.91 Å². The Balaban J connectivity index is 2.19. The molecule has 0 fully saturated rings. The van der Waals surface area contributed by atoms with E-state index in [9.17, 15) is 4.79 Å². The molecule has 0 aliphatic carbocycles. The molecule has 2 rings (SSSR count). The summed E-state index contributed by atoms with van der Waals surface area (Å²) in [6, 6.07) is 9.47. The predicted octanol–water partition coefficient (Wildman–Crippen LogP) is 2.25. The Bertz CT molecular complexity index is 632. The third-order valence-corrected chi connectivity index (χ3v) is 4.07. The smallest absolute Gasteiger partial charge is 0.270 e. The number of amides is 1. The molecule has 5 nitrogen and oxygen atoms in total. The molecule has 0 radical (unpaired) electrons. The topological polar surface area (TPSA) is 80.0 Å². The van der Waals surface area contributed by atoms with Gasteiger partial charge in [-0.25, -0.2) is 10.8 Å². The summed E-state index contributed by atoms with van der Waals surface area (Å²) in [5.74, 6) is 7.28. The Labute approximate surface area is 128 Å². The van der Waals surface area contributed by atoms with E-state index in [0.29, 0.717) is 24.0 Å². The Morgan fingerprint density at radius 1 is 1.43 bits per heavy atom. The van der Waals surface area contributed by atoms with Gasteiger partial charge in [-0.1, -0.05) is 31.2 Å². The molecule has 4 N–H and O–H groups in total. The molecule has 2 aromatic rings. The van der Waals surface area contributed by atoms with E-state index >= 15 is 0 Å². The zero-order valence-corrected chi connectivity index (χ0v) is 13.0. The number of nitrogens with zero attached hydrogens (tertiary/aromatic N) is 1. The molecular weight excluding hydrogens is 284 g/mol. The second-order valence-electron chi connectivity index (χ2n) is 4.99. The van der Waals surface area contributed by atoms with Gasteiger partial charge in [0.15, 0.2) is 0 Å². The number of rotatable bonds is 6. The van der Waals surface area contributed by atoms with Gasteiger partial charge in [0.05, 0.1) is 0 Å². The van der Waals surface area contributed by atoms with Gasteiger partial charge in [-0.05, 0) is 29.4 Å². The summed E-state index contributed by atoms with van der Waals surface area (Å²) in [6.07, 6.45) is 2.06. The quantitative estimate of drug-likeness (QED) is 0.563. The molecule has 1 heterocycles. The fraction of sp³-hybridized carbons (Fsp3) is 0.333. The Kier molecular flexibility index (Phi) is 5.41. The number of anilines is 1. The molecule has 0 bridgehead atoms. The van der Waals surface area contributed by atoms with E-state index < -0.39 is 0 Å². The van der Waals surface area contributed by atoms with E-state index in [1.165, 1.54) is 0 Å². The van der Waals surface area contributed by atoms with Crippen molar-refractivity contribution in [2.75, 3.05) is 24.0 Å². The van der Waals surface area contributed by atoms with Crippen LogP contribution in [0.15, 0.2) is 30.3 Å². The van der Waals surface area contributed by atoms with Crippen molar-refractivity contribution in [3.63, 3.8) is 0 Å². The number of hydrogen-bond acceptors (Lipinski definition) is 5. The van der Waals surface area contributed by atoms with Gasteiger partial charge in [-0.3, -0.25) is 4.79 Å². The minimum Gasteiger partial charge on any atom is -0.350 e. The number of fused-ring (bicyclic) bond motifs is 1. The number of carbonyl (C=O) groups excluding carboxylic acids is 1. The SMILES string of the molecule is CSCC(C)CNC(=O)c1cc2ccccc2c(NN)n1. The summed E-state index contributed by atoms with van der Waals surface area (Å²) in [5, 5.41) is 4.74. The van der Waals surface area contributed by atoms with Gasteiger partial charge >= 0.3 is 0 Å². The Morgan fingerprint density at radius 3 is 2.90 bits per heavy atom. The van der Waals surface area contributed by atoms with E-state index in [2.05, 4.69) is 28.9 Å². The fourth-order valence-corrected chi connectivity index (χ4v) is 2.81. The highest BCUT2D eigenvalue weighted by Crippen LogP contribution is 2.21. The second-order valence-corrected chi connectivity index (χ2v) is 5.90. The molecule has 21 heavy (non-hydrogen) atoms. The van der Waals surface area contributed by atoms with Crippen molar-refractivity contribution in [3.05, 3.63) is 36.0 Å². The van der Waals surface area contributed by atoms with Gasteiger partial charge in [0, 0.05) is 11.9 Å². The van der Waals surface area contributed by atoms with Crippen LogP contribution in [0.2, 0.25) is 0 Å². The van der Waals surface area contributed by atoms with Crippen LogP contribution in [-0.4, -0.2) is 29.4 Å². The first-order valence-corrected chi connectivity index (χ1v) is 8.18. The van der Waals surface area contributed by atoms with Gasteiger partial charge < -0.3 is 10.7 Å². The van der Waals surface area contributed by atoms with Crippen LogP contribution in [0.5, 0.6) is 0 Å². The van der Waals surface area contributed by atoms with Crippen LogP contribution >= 0.6 is 11.8 Å². The monoisotopic (exact) mass is 304 g/mol. The summed E-state index contributed by atoms with van der Waals surface area (Å²) in [7, 11) is 0. The van der Waals surface area contributed by atoms with Crippen LogP contribution in [0.25, 0.3) is 10.8 Å². The zero-order chi connectivity index (χ0) is 15.2. The van der Waals surface area contributed by atoms with Crippen molar-refractivity contribution in [2.24, 2.45) is 11.8 Å². The number of nitrogen functional groups attached to an aromatic ring is 1. The van der Waals surface area contributed by atoms with Crippen molar-refractivity contribution in [3.8, 4) is 0 Å². The zero-order valence-electron chi connectivity index (χ0n) is 12.2. The molecule has 1 atom stereocenters. The van der Waals surface area contributed by atoms with Crippen LogP contribution in [0.1, 0.15) is 17.4 Å². The fourth-order valence-electron chi connectivity index (χ4n) is 2.13. The normalized spacial score (nSPS) is 12.1. The first kappa shape index (κ1) is 15.6. The average Bonchev–Trinajstić information content (AvgIpc) is 2.51. The highest BCUT2D eigenvalue weighted by molar-refractivity contribution is 7.98. The van der Waals surface area contributed by atoms with Crippen LogP contribution < -0.4 is 16.6 Å². The lowest BCUT2D eigenvalue weighted by atomic mass is 10.1. The molecule has 1 aromatic heterocycles. The van der Waals surface area contributed by atoms with Crippen molar-refractivity contribution in [2.45, 2.75) is 6.92 Å². The van der Waals surface area contributed by atoms with Gasteiger partial charge in [-0.15, -0.1) is 0 Å². The molecule has 1 aromatic carbocycles. The van der Waals surface area contributed by atoms with E-state index in [1.807, 2.05) is 24.3 Å². The number of pyridine rings is 1. The molecule has 0 aliphatic heterocycles. The summed E-state index contributed by atoms with van der Waals surface area (Å²) in [4.78, 5) is 16.5. The minimum atomic E-state index is -0.176. The van der Waals surface area contributed by atoms with Crippen LogP contribution in [0.4, 0.5) is 5.82 Å². The van der Waals surface area contributed by atoms with E-state index in [4.69, 9.17) is 5.84 Å². The lowest BCUT2D eigenvalue weighted by Gasteiger charge is -2.12. The third kappa shape index (κ3) is 3.86. The average molecular weight is 304 g/mol. The maximum absolute atomic E-state index is 12.2. The number of carbonyl (C=O) groups is 1. The highest BCUT2D eigenvalue weighted by atomic mass is 32.2. The van der Waals surface area contributed by atoms with Gasteiger partial charge in [0.2, 0.25) is 0 Å². The summed E-state index contributed by atoms with van der Waals surface area (Å²) in [5.41, 5.74) is 2.93. The summed E-state index contributed by atoms with van der Waals surface area (Å²) >= 11 is 1.77. The van der Waals surface area contributed by atoms with Crippen LogP contribution in [0, 0.1) is 5.92 Å². The van der Waals surface area contributed by atoms with Crippen molar-refractivity contribution < 1.29 is 4.79 Å². The Hall–Kier alpha value is -1.79. The molecule has 6 heteroatoms. The largest absolute Gasteiger partial charge is 0.350 e. The summed E-state index contributed by atoms with van der Waals surface area (Å²) < 4.78 is 0. The molecule has 0 aliphatic rings. The molecule has 1 amide bonds.